The minimum Gasteiger partial charge on any atom is -0.462 e. The number of hydrogen-bond acceptors (Lipinski definition) is 5. The van der Waals surface area contributed by atoms with Crippen LogP contribution in [0.2, 0.25) is 5.02 Å². The van der Waals surface area contributed by atoms with Gasteiger partial charge in [-0.3, -0.25) is 0 Å². The summed E-state index contributed by atoms with van der Waals surface area (Å²) in [5, 5.41) is 4.81. The van der Waals surface area contributed by atoms with Crippen molar-refractivity contribution in [3.63, 3.8) is 0 Å². The Hall–Kier alpha value is -2.34. The molecule has 0 unspecified atom stereocenters. The molecule has 0 atom stereocenters. The standard InChI is InChI=1S/C16H17ClN2O4/c1-4-22-15(20)13-10(3)19(12-8-6-11(17)7-9-12)18-14(13)16(21)23-5-2/h6-9H,4-5H2,1-3H3. The van der Waals surface area contributed by atoms with Gasteiger partial charge in [-0.15, -0.1) is 0 Å². The van der Waals surface area contributed by atoms with E-state index in [1.54, 1.807) is 45.0 Å². The van der Waals surface area contributed by atoms with Crippen LogP contribution in [0.4, 0.5) is 0 Å². The van der Waals surface area contributed by atoms with Gasteiger partial charge in [0.25, 0.3) is 0 Å². The van der Waals surface area contributed by atoms with E-state index in [0.717, 1.165) is 0 Å². The molecule has 0 aliphatic heterocycles. The number of carbonyl (C=O) groups excluding carboxylic acids is 2. The van der Waals surface area contributed by atoms with Crippen molar-refractivity contribution in [2.45, 2.75) is 20.8 Å². The van der Waals surface area contributed by atoms with Crippen LogP contribution in [0.15, 0.2) is 24.3 Å². The number of carbonyl (C=O) groups is 2. The van der Waals surface area contributed by atoms with Crippen molar-refractivity contribution in [1.82, 2.24) is 9.78 Å². The van der Waals surface area contributed by atoms with Crippen molar-refractivity contribution in [1.29, 1.82) is 0 Å². The molecule has 23 heavy (non-hydrogen) atoms. The molecular formula is C16H17ClN2O4. The van der Waals surface area contributed by atoms with Crippen molar-refractivity contribution in [2.24, 2.45) is 0 Å². The number of benzene rings is 1. The molecule has 1 aromatic heterocycles. The molecule has 2 rings (SSSR count). The number of aromatic nitrogens is 2. The molecule has 0 amide bonds. The van der Waals surface area contributed by atoms with E-state index in [-0.39, 0.29) is 24.5 Å². The highest BCUT2D eigenvalue weighted by atomic mass is 35.5. The van der Waals surface area contributed by atoms with Gasteiger partial charge in [0, 0.05) is 5.02 Å². The second-order valence-corrected chi connectivity index (χ2v) is 5.07. The topological polar surface area (TPSA) is 70.4 Å². The van der Waals surface area contributed by atoms with Gasteiger partial charge < -0.3 is 9.47 Å². The fraction of sp³-hybridized carbons (Fsp3) is 0.312. The van der Waals surface area contributed by atoms with Crippen LogP contribution in [-0.4, -0.2) is 34.9 Å². The number of halogens is 1. The summed E-state index contributed by atoms with van der Waals surface area (Å²) in [4.78, 5) is 24.3. The minimum atomic E-state index is -0.661. The largest absolute Gasteiger partial charge is 0.462 e. The molecule has 0 aliphatic carbocycles. The molecule has 2 aromatic rings. The first-order valence-corrected chi connectivity index (χ1v) is 7.57. The van der Waals surface area contributed by atoms with Crippen molar-refractivity contribution in [3.05, 3.63) is 46.2 Å². The highest BCUT2D eigenvalue weighted by molar-refractivity contribution is 6.30. The highest BCUT2D eigenvalue weighted by Gasteiger charge is 2.28. The molecule has 0 N–H and O–H groups in total. The zero-order valence-electron chi connectivity index (χ0n) is 13.1. The van der Waals surface area contributed by atoms with Crippen molar-refractivity contribution in [2.75, 3.05) is 13.2 Å². The first-order valence-electron chi connectivity index (χ1n) is 7.19. The van der Waals surface area contributed by atoms with Crippen LogP contribution in [0.1, 0.15) is 40.4 Å². The summed E-state index contributed by atoms with van der Waals surface area (Å²) in [6.07, 6.45) is 0. The van der Waals surface area contributed by atoms with Crippen LogP contribution in [0.3, 0.4) is 0 Å². The molecule has 0 saturated carbocycles. The summed E-state index contributed by atoms with van der Waals surface area (Å²) in [6.45, 7) is 5.46. The van der Waals surface area contributed by atoms with E-state index < -0.39 is 11.9 Å². The molecule has 7 heteroatoms. The fourth-order valence-electron chi connectivity index (χ4n) is 2.13. The van der Waals surface area contributed by atoms with Crippen molar-refractivity contribution < 1.29 is 19.1 Å². The first kappa shape index (κ1) is 17.0. The van der Waals surface area contributed by atoms with E-state index in [1.807, 2.05) is 0 Å². The van der Waals surface area contributed by atoms with Crippen LogP contribution in [0, 0.1) is 6.92 Å². The Morgan fingerprint density at radius 3 is 2.22 bits per heavy atom. The molecule has 1 aromatic carbocycles. The maximum Gasteiger partial charge on any atom is 0.359 e. The molecule has 1 heterocycles. The maximum atomic E-state index is 12.2. The lowest BCUT2D eigenvalue weighted by molar-refractivity contribution is 0.0475. The van der Waals surface area contributed by atoms with Gasteiger partial charge in [-0.25, -0.2) is 14.3 Å². The second kappa shape index (κ2) is 7.28. The summed E-state index contributed by atoms with van der Waals surface area (Å²) in [6, 6.07) is 6.89. The monoisotopic (exact) mass is 336 g/mol. The van der Waals surface area contributed by atoms with Gasteiger partial charge in [0.15, 0.2) is 5.69 Å². The van der Waals surface area contributed by atoms with Gasteiger partial charge >= 0.3 is 11.9 Å². The number of esters is 2. The van der Waals surface area contributed by atoms with E-state index in [9.17, 15) is 9.59 Å². The van der Waals surface area contributed by atoms with Crippen molar-refractivity contribution >= 4 is 23.5 Å². The molecule has 0 saturated heterocycles. The van der Waals surface area contributed by atoms with Gasteiger partial charge in [0.1, 0.15) is 5.56 Å². The number of rotatable bonds is 5. The van der Waals surface area contributed by atoms with Crippen molar-refractivity contribution in [3.8, 4) is 5.69 Å². The maximum absolute atomic E-state index is 12.2. The van der Waals surface area contributed by atoms with Gasteiger partial charge in [0.05, 0.1) is 24.6 Å². The average molecular weight is 337 g/mol. The molecule has 122 valence electrons. The zero-order valence-corrected chi connectivity index (χ0v) is 13.9. The molecule has 0 spiro atoms. The Morgan fingerprint density at radius 2 is 1.65 bits per heavy atom. The Morgan fingerprint density at radius 1 is 1.09 bits per heavy atom. The summed E-state index contributed by atoms with van der Waals surface area (Å²) >= 11 is 5.88. The van der Waals surface area contributed by atoms with E-state index in [2.05, 4.69) is 5.10 Å². The number of nitrogens with zero attached hydrogens (tertiary/aromatic N) is 2. The Kier molecular flexibility index (Phi) is 5.39. The SMILES string of the molecule is CCOC(=O)c1nn(-c2ccc(Cl)cc2)c(C)c1C(=O)OCC. The van der Waals surface area contributed by atoms with E-state index in [1.165, 1.54) is 4.68 Å². The smallest absolute Gasteiger partial charge is 0.359 e. The average Bonchev–Trinajstić information content (AvgIpc) is 2.86. The van der Waals surface area contributed by atoms with E-state index in [0.29, 0.717) is 16.4 Å². The Balaban J connectivity index is 2.57. The van der Waals surface area contributed by atoms with Gasteiger partial charge in [-0.1, -0.05) is 11.6 Å². The van der Waals surface area contributed by atoms with Crippen LogP contribution in [0.25, 0.3) is 5.69 Å². The molecule has 6 nitrogen and oxygen atoms in total. The summed E-state index contributed by atoms with van der Waals surface area (Å²) in [5.74, 6) is -1.26. The normalized spacial score (nSPS) is 10.4. The molecular weight excluding hydrogens is 320 g/mol. The predicted octanol–water partition coefficient (Wildman–Crippen LogP) is 3.19. The second-order valence-electron chi connectivity index (χ2n) is 4.64. The molecule has 0 radical (unpaired) electrons. The Labute approximate surface area is 139 Å². The summed E-state index contributed by atoms with van der Waals surface area (Å²) in [7, 11) is 0. The quantitative estimate of drug-likeness (QED) is 0.784. The Bertz CT molecular complexity index is 722. The zero-order chi connectivity index (χ0) is 17.0. The lowest BCUT2D eigenvalue weighted by Gasteiger charge is -2.05. The van der Waals surface area contributed by atoms with Crippen LogP contribution in [-0.2, 0) is 9.47 Å². The third-order valence-corrected chi connectivity index (χ3v) is 3.39. The van der Waals surface area contributed by atoms with Gasteiger partial charge in [-0.05, 0) is 45.0 Å². The lowest BCUT2D eigenvalue weighted by Crippen LogP contribution is -2.13. The predicted molar refractivity (Wildman–Crippen MR) is 85.2 cm³/mol. The third-order valence-electron chi connectivity index (χ3n) is 3.14. The fourth-order valence-corrected chi connectivity index (χ4v) is 2.25. The first-order chi connectivity index (χ1) is 11.0. The van der Waals surface area contributed by atoms with E-state index >= 15 is 0 Å². The number of ether oxygens (including phenoxy) is 2. The molecule has 0 aliphatic rings. The summed E-state index contributed by atoms with van der Waals surface area (Å²) < 4.78 is 11.5. The summed E-state index contributed by atoms with van der Waals surface area (Å²) in [5.41, 5.74) is 1.22. The minimum absolute atomic E-state index is 0.0576. The third kappa shape index (κ3) is 3.53. The molecule has 0 bridgehead atoms. The van der Waals surface area contributed by atoms with E-state index in [4.69, 9.17) is 21.1 Å². The highest BCUT2D eigenvalue weighted by Crippen LogP contribution is 2.21. The lowest BCUT2D eigenvalue weighted by atomic mass is 10.2. The van der Waals surface area contributed by atoms with Crippen LogP contribution in [0.5, 0.6) is 0 Å². The molecule has 0 fully saturated rings. The van der Waals surface area contributed by atoms with Gasteiger partial charge in [0.2, 0.25) is 0 Å². The van der Waals surface area contributed by atoms with Crippen LogP contribution < -0.4 is 0 Å². The number of hydrogen-bond donors (Lipinski definition) is 0. The van der Waals surface area contributed by atoms with Crippen LogP contribution >= 0.6 is 11.6 Å². The van der Waals surface area contributed by atoms with Gasteiger partial charge in [-0.2, -0.15) is 5.10 Å².